The highest BCUT2D eigenvalue weighted by atomic mass is 32.3. The largest absolute Gasteiger partial charge is 0.399 e. The Morgan fingerprint density at radius 3 is 2.12 bits per heavy atom. The molecule has 0 fully saturated rings. The third-order valence-electron chi connectivity index (χ3n) is 2.79. The van der Waals surface area contributed by atoms with Gasteiger partial charge in [-0.15, -0.1) is 0 Å². The van der Waals surface area contributed by atoms with E-state index in [0.717, 1.165) is 10.6 Å². The lowest BCUT2D eigenvalue weighted by atomic mass is 10.0. The summed E-state index contributed by atoms with van der Waals surface area (Å²) in [6.45, 7) is 5.27. The molecule has 1 aliphatic heterocycles. The van der Waals surface area contributed by atoms with Crippen molar-refractivity contribution in [3.8, 4) is 0 Å². The Labute approximate surface area is 102 Å². The van der Waals surface area contributed by atoms with Gasteiger partial charge in [0.15, 0.2) is 14.1 Å². The normalized spacial score (nSPS) is 24.2. The first kappa shape index (κ1) is 14.5. The second kappa shape index (κ2) is 3.96. The molecule has 0 amide bonds. The fraction of sp³-hybridized carbons (Fsp3) is 0.778. The Balaban J connectivity index is 3.58. The van der Waals surface area contributed by atoms with Crippen molar-refractivity contribution in [1.82, 2.24) is 4.31 Å². The quantitative estimate of drug-likeness (QED) is 0.785. The Morgan fingerprint density at radius 2 is 1.82 bits per heavy atom. The molecule has 0 unspecified atom stereocenters. The van der Waals surface area contributed by atoms with E-state index in [1.165, 1.54) is 0 Å². The molecule has 0 saturated carbocycles. The summed E-state index contributed by atoms with van der Waals surface area (Å²) in [4.78, 5) is 0. The molecule has 0 aliphatic carbocycles. The molecular formula is C9H18N2O4S2. The van der Waals surface area contributed by atoms with Gasteiger partial charge in [0.25, 0.3) is 10.0 Å². The van der Waals surface area contributed by atoms with Crippen molar-refractivity contribution in [3.63, 3.8) is 0 Å². The SMILES string of the molecule is CCCN1C(C)(C)C(N)=C(S(C)(=O)=O)S1(=O)=O. The number of hydrogen-bond acceptors (Lipinski definition) is 5. The number of hydrogen-bond donors (Lipinski definition) is 1. The molecule has 0 saturated heterocycles. The highest BCUT2D eigenvalue weighted by Gasteiger charge is 2.52. The second-order valence-electron chi connectivity index (χ2n) is 4.61. The van der Waals surface area contributed by atoms with Gasteiger partial charge in [0.05, 0.1) is 11.2 Å². The molecule has 1 aliphatic rings. The maximum absolute atomic E-state index is 12.2. The number of nitrogens with two attached hydrogens (primary N) is 1. The van der Waals surface area contributed by atoms with Gasteiger partial charge in [-0.25, -0.2) is 16.8 Å². The van der Waals surface area contributed by atoms with Crippen LogP contribution in [0.5, 0.6) is 0 Å². The third-order valence-corrected chi connectivity index (χ3v) is 7.13. The molecule has 2 N–H and O–H groups in total. The zero-order valence-electron chi connectivity index (χ0n) is 10.4. The summed E-state index contributed by atoms with van der Waals surface area (Å²) in [5.74, 6) is 0. The summed E-state index contributed by atoms with van der Waals surface area (Å²) < 4.78 is 47.9. The Hall–Kier alpha value is -0.600. The van der Waals surface area contributed by atoms with Gasteiger partial charge < -0.3 is 5.73 Å². The third kappa shape index (κ3) is 2.09. The molecule has 0 radical (unpaired) electrons. The van der Waals surface area contributed by atoms with Gasteiger partial charge in [-0.05, 0) is 20.3 Å². The fourth-order valence-corrected chi connectivity index (χ4v) is 6.22. The summed E-state index contributed by atoms with van der Waals surface area (Å²) in [7, 11) is -7.86. The van der Waals surface area contributed by atoms with Crippen LogP contribution in [0, 0.1) is 0 Å². The van der Waals surface area contributed by atoms with Gasteiger partial charge in [-0.3, -0.25) is 0 Å². The van der Waals surface area contributed by atoms with Gasteiger partial charge in [-0.2, -0.15) is 4.31 Å². The number of sulfonamides is 1. The first-order valence-electron chi connectivity index (χ1n) is 5.20. The van der Waals surface area contributed by atoms with Crippen LogP contribution in [-0.4, -0.2) is 39.5 Å². The van der Waals surface area contributed by atoms with Crippen molar-refractivity contribution in [1.29, 1.82) is 0 Å². The summed E-state index contributed by atoms with van der Waals surface area (Å²) in [6.07, 6.45) is 1.45. The summed E-state index contributed by atoms with van der Waals surface area (Å²) in [5.41, 5.74) is 4.62. The highest BCUT2D eigenvalue weighted by Crippen LogP contribution is 2.39. The van der Waals surface area contributed by atoms with E-state index in [0.29, 0.717) is 6.42 Å². The minimum atomic E-state index is -4.00. The summed E-state index contributed by atoms with van der Waals surface area (Å²) >= 11 is 0. The minimum absolute atomic E-state index is 0.103. The van der Waals surface area contributed by atoms with E-state index in [-0.39, 0.29) is 12.2 Å². The summed E-state index contributed by atoms with van der Waals surface area (Å²) in [6, 6.07) is 0. The van der Waals surface area contributed by atoms with Crippen LogP contribution in [-0.2, 0) is 19.9 Å². The Kier molecular flexibility index (Phi) is 3.37. The molecule has 0 aromatic carbocycles. The highest BCUT2D eigenvalue weighted by molar-refractivity contribution is 8.13. The number of nitrogens with zero attached hydrogens (tertiary/aromatic N) is 1. The van der Waals surface area contributed by atoms with Gasteiger partial charge in [0.1, 0.15) is 0 Å². The molecule has 17 heavy (non-hydrogen) atoms. The van der Waals surface area contributed by atoms with Crippen molar-refractivity contribution >= 4 is 19.9 Å². The van der Waals surface area contributed by atoms with Crippen LogP contribution >= 0.6 is 0 Å². The molecule has 0 spiro atoms. The molecule has 100 valence electrons. The molecule has 0 bridgehead atoms. The van der Waals surface area contributed by atoms with Crippen molar-refractivity contribution in [2.75, 3.05) is 12.8 Å². The average molecular weight is 282 g/mol. The molecule has 6 nitrogen and oxygen atoms in total. The van der Waals surface area contributed by atoms with Crippen LogP contribution < -0.4 is 5.73 Å². The summed E-state index contributed by atoms with van der Waals surface area (Å²) in [5, 5.41) is 0. The molecule has 8 heteroatoms. The monoisotopic (exact) mass is 282 g/mol. The van der Waals surface area contributed by atoms with Gasteiger partial charge in [-0.1, -0.05) is 6.92 Å². The molecule has 1 heterocycles. The van der Waals surface area contributed by atoms with Crippen LogP contribution in [0.4, 0.5) is 0 Å². The molecule has 0 aromatic rings. The number of rotatable bonds is 3. The first-order valence-corrected chi connectivity index (χ1v) is 8.53. The van der Waals surface area contributed by atoms with E-state index >= 15 is 0 Å². The van der Waals surface area contributed by atoms with E-state index in [4.69, 9.17) is 5.73 Å². The van der Waals surface area contributed by atoms with E-state index < -0.39 is 29.6 Å². The lowest BCUT2D eigenvalue weighted by molar-refractivity contribution is 0.279. The molecule has 1 rings (SSSR count). The maximum Gasteiger partial charge on any atom is 0.256 e. The first-order chi connectivity index (χ1) is 7.47. The predicted molar refractivity (Wildman–Crippen MR) is 66.1 cm³/mol. The standard InChI is InChI=1S/C9H18N2O4S2/c1-5-6-11-9(2,3)7(10)8(16(4,12)13)17(11,14)15/h5-6,10H2,1-4H3. The zero-order valence-corrected chi connectivity index (χ0v) is 12.0. The van der Waals surface area contributed by atoms with Crippen molar-refractivity contribution < 1.29 is 16.8 Å². The smallest absolute Gasteiger partial charge is 0.256 e. The van der Waals surface area contributed by atoms with Crippen molar-refractivity contribution in [3.05, 3.63) is 9.93 Å². The lowest BCUT2D eigenvalue weighted by Crippen LogP contribution is -2.45. The van der Waals surface area contributed by atoms with Crippen LogP contribution in [0.25, 0.3) is 0 Å². The second-order valence-corrected chi connectivity index (χ2v) is 8.62. The Morgan fingerprint density at radius 1 is 1.35 bits per heavy atom. The molecule has 0 aromatic heterocycles. The van der Waals surface area contributed by atoms with E-state index in [1.807, 2.05) is 6.92 Å². The van der Waals surface area contributed by atoms with Crippen molar-refractivity contribution in [2.45, 2.75) is 32.7 Å². The van der Waals surface area contributed by atoms with Crippen molar-refractivity contribution in [2.24, 2.45) is 5.73 Å². The zero-order chi connectivity index (χ0) is 13.6. The van der Waals surface area contributed by atoms with E-state index in [1.54, 1.807) is 13.8 Å². The number of sulfone groups is 1. The lowest BCUT2D eigenvalue weighted by Gasteiger charge is -2.30. The molecular weight excluding hydrogens is 264 g/mol. The Bertz CT molecular complexity index is 558. The van der Waals surface area contributed by atoms with Gasteiger partial charge >= 0.3 is 0 Å². The van der Waals surface area contributed by atoms with Crippen LogP contribution in [0.2, 0.25) is 0 Å². The van der Waals surface area contributed by atoms with Crippen LogP contribution in [0.15, 0.2) is 9.93 Å². The average Bonchev–Trinajstić information content (AvgIpc) is 2.22. The van der Waals surface area contributed by atoms with Gasteiger partial charge in [0.2, 0.25) is 0 Å². The predicted octanol–water partition coefficient (Wildman–Crippen LogP) is -0.00720. The topological polar surface area (TPSA) is 97.5 Å². The van der Waals surface area contributed by atoms with E-state index in [2.05, 4.69) is 0 Å². The maximum atomic E-state index is 12.2. The molecule has 0 atom stereocenters. The van der Waals surface area contributed by atoms with E-state index in [9.17, 15) is 16.8 Å². The van der Waals surface area contributed by atoms with Crippen LogP contribution in [0.1, 0.15) is 27.2 Å². The fourth-order valence-electron chi connectivity index (χ4n) is 1.92. The van der Waals surface area contributed by atoms with Gasteiger partial charge in [0, 0.05) is 12.8 Å². The van der Waals surface area contributed by atoms with Crippen LogP contribution in [0.3, 0.4) is 0 Å². The minimum Gasteiger partial charge on any atom is -0.399 e.